The molecule has 6 heteroatoms. The van der Waals surface area contributed by atoms with Gasteiger partial charge in [-0.3, -0.25) is 4.79 Å². The molecule has 2 rings (SSSR count). The molecule has 0 atom stereocenters. The number of sulfonamides is 1. The van der Waals surface area contributed by atoms with Crippen LogP contribution in [0.25, 0.3) is 0 Å². The molecule has 0 amide bonds. The fourth-order valence-corrected chi connectivity index (χ4v) is 4.50. The van der Waals surface area contributed by atoms with Gasteiger partial charge in [-0.2, -0.15) is 0 Å². The van der Waals surface area contributed by atoms with Gasteiger partial charge in [0.1, 0.15) is 9.99 Å². The third-order valence-corrected chi connectivity index (χ3v) is 5.86. The van der Waals surface area contributed by atoms with Gasteiger partial charge in [-0.25, -0.2) is 13.1 Å². The molecule has 94 valence electrons. The third-order valence-electron chi connectivity index (χ3n) is 2.85. The SMILES string of the molecule is Cc1ccc(S(=O)(=O)NC2CCC(=O)CC2)s1. The highest BCUT2D eigenvalue weighted by Gasteiger charge is 2.25. The van der Waals surface area contributed by atoms with E-state index in [4.69, 9.17) is 0 Å². The van der Waals surface area contributed by atoms with Gasteiger partial charge in [0, 0.05) is 23.8 Å². The predicted molar refractivity (Wildman–Crippen MR) is 66.6 cm³/mol. The molecule has 0 spiro atoms. The van der Waals surface area contributed by atoms with Crippen molar-refractivity contribution in [1.82, 2.24) is 4.72 Å². The molecule has 1 aromatic rings. The molecule has 1 heterocycles. The van der Waals surface area contributed by atoms with E-state index in [1.54, 1.807) is 12.1 Å². The van der Waals surface area contributed by atoms with Gasteiger partial charge in [0.05, 0.1) is 0 Å². The van der Waals surface area contributed by atoms with Gasteiger partial charge in [0.2, 0.25) is 10.0 Å². The van der Waals surface area contributed by atoms with Gasteiger partial charge in [-0.1, -0.05) is 0 Å². The second-order valence-electron chi connectivity index (χ2n) is 4.30. The highest BCUT2D eigenvalue weighted by atomic mass is 32.2. The topological polar surface area (TPSA) is 63.2 Å². The molecular weight excluding hydrogens is 258 g/mol. The van der Waals surface area contributed by atoms with Crippen LogP contribution in [0, 0.1) is 6.92 Å². The Morgan fingerprint density at radius 1 is 1.29 bits per heavy atom. The number of rotatable bonds is 3. The first-order chi connectivity index (χ1) is 7.97. The molecule has 0 radical (unpaired) electrons. The molecule has 1 aliphatic carbocycles. The van der Waals surface area contributed by atoms with Crippen molar-refractivity contribution in [3.63, 3.8) is 0 Å². The van der Waals surface area contributed by atoms with E-state index in [0.29, 0.717) is 29.9 Å². The van der Waals surface area contributed by atoms with Crippen LogP contribution in [-0.2, 0) is 14.8 Å². The number of thiophene rings is 1. The van der Waals surface area contributed by atoms with Crippen LogP contribution in [0.1, 0.15) is 30.6 Å². The van der Waals surface area contributed by atoms with E-state index in [-0.39, 0.29) is 11.8 Å². The zero-order chi connectivity index (χ0) is 12.5. The normalized spacial score (nSPS) is 18.5. The summed E-state index contributed by atoms with van der Waals surface area (Å²) in [5.74, 6) is 0.229. The molecular formula is C11H15NO3S2. The first-order valence-corrected chi connectivity index (χ1v) is 7.88. The highest BCUT2D eigenvalue weighted by Crippen LogP contribution is 2.23. The van der Waals surface area contributed by atoms with Gasteiger partial charge in [-0.15, -0.1) is 11.3 Å². The average Bonchev–Trinajstić information content (AvgIpc) is 2.69. The summed E-state index contributed by atoms with van der Waals surface area (Å²) in [5.41, 5.74) is 0. The fraction of sp³-hybridized carbons (Fsp3) is 0.545. The quantitative estimate of drug-likeness (QED) is 0.914. The Hall–Kier alpha value is -0.720. The van der Waals surface area contributed by atoms with E-state index in [1.807, 2.05) is 6.92 Å². The van der Waals surface area contributed by atoms with Crippen LogP contribution in [0.4, 0.5) is 0 Å². The molecule has 4 nitrogen and oxygen atoms in total. The summed E-state index contributed by atoms with van der Waals surface area (Å²) >= 11 is 1.27. The minimum absolute atomic E-state index is 0.0971. The summed E-state index contributed by atoms with van der Waals surface area (Å²) < 4.78 is 27.0. The Balaban J connectivity index is 2.05. The molecule has 0 aromatic carbocycles. The second kappa shape index (κ2) is 4.88. The number of Topliss-reactive ketones (excluding diaryl/α,β-unsaturated/α-hetero) is 1. The Labute approximate surface area is 105 Å². The van der Waals surface area contributed by atoms with Crippen molar-refractivity contribution in [2.24, 2.45) is 0 Å². The number of carbonyl (C=O) groups excluding carboxylic acids is 1. The Morgan fingerprint density at radius 2 is 1.94 bits per heavy atom. The maximum Gasteiger partial charge on any atom is 0.250 e. The highest BCUT2D eigenvalue weighted by molar-refractivity contribution is 7.91. The summed E-state index contributed by atoms with van der Waals surface area (Å²) in [4.78, 5) is 12.0. The summed E-state index contributed by atoms with van der Waals surface area (Å²) in [6.07, 6.45) is 2.19. The van der Waals surface area contributed by atoms with Crippen molar-refractivity contribution in [3.05, 3.63) is 17.0 Å². The van der Waals surface area contributed by atoms with Gasteiger partial charge < -0.3 is 0 Å². The van der Waals surface area contributed by atoms with Crippen LogP contribution in [0.2, 0.25) is 0 Å². The lowest BCUT2D eigenvalue weighted by Gasteiger charge is -2.21. The van der Waals surface area contributed by atoms with Crippen LogP contribution in [-0.4, -0.2) is 20.2 Å². The van der Waals surface area contributed by atoms with Gasteiger partial charge in [0.15, 0.2) is 0 Å². The van der Waals surface area contributed by atoms with Crippen LogP contribution in [0.15, 0.2) is 16.3 Å². The van der Waals surface area contributed by atoms with E-state index in [0.717, 1.165) is 4.88 Å². The maximum atomic E-state index is 12.0. The average molecular weight is 273 g/mol. The number of aryl methyl sites for hydroxylation is 1. The molecule has 1 aliphatic rings. The molecule has 1 aromatic heterocycles. The van der Waals surface area contributed by atoms with Crippen molar-refractivity contribution in [2.75, 3.05) is 0 Å². The zero-order valence-electron chi connectivity index (χ0n) is 9.60. The number of ketones is 1. The number of hydrogen-bond donors (Lipinski definition) is 1. The maximum absolute atomic E-state index is 12.0. The minimum Gasteiger partial charge on any atom is -0.300 e. The predicted octanol–water partition coefficient (Wildman–Crippen LogP) is 1.85. The third kappa shape index (κ3) is 3.14. The molecule has 1 fully saturated rings. The molecule has 1 saturated carbocycles. The molecule has 0 aliphatic heterocycles. The molecule has 0 unspecified atom stereocenters. The number of carbonyl (C=O) groups is 1. The minimum atomic E-state index is -3.40. The summed E-state index contributed by atoms with van der Waals surface area (Å²) in [6, 6.07) is 3.32. The molecule has 0 bridgehead atoms. The fourth-order valence-electron chi connectivity index (χ4n) is 1.89. The van der Waals surface area contributed by atoms with Gasteiger partial charge in [-0.05, 0) is 31.9 Å². The van der Waals surface area contributed by atoms with Crippen molar-refractivity contribution in [2.45, 2.75) is 42.9 Å². The lowest BCUT2D eigenvalue weighted by molar-refractivity contribution is -0.120. The van der Waals surface area contributed by atoms with Crippen LogP contribution in [0.5, 0.6) is 0 Å². The monoisotopic (exact) mass is 273 g/mol. The Morgan fingerprint density at radius 3 is 2.47 bits per heavy atom. The first-order valence-electron chi connectivity index (χ1n) is 5.58. The number of hydrogen-bond acceptors (Lipinski definition) is 4. The van der Waals surface area contributed by atoms with E-state index >= 15 is 0 Å². The molecule has 17 heavy (non-hydrogen) atoms. The van der Waals surface area contributed by atoms with Crippen LogP contribution < -0.4 is 4.72 Å². The van der Waals surface area contributed by atoms with E-state index in [2.05, 4.69) is 4.72 Å². The lowest BCUT2D eigenvalue weighted by atomic mass is 9.95. The van der Waals surface area contributed by atoms with Crippen molar-refractivity contribution in [3.8, 4) is 0 Å². The first kappa shape index (κ1) is 12.7. The van der Waals surface area contributed by atoms with E-state index in [9.17, 15) is 13.2 Å². The van der Waals surface area contributed by atoms with E-state index in [1.165, 1.54) is 11.3 Å². The number of nitrogens with one attached hydrogen (secondary N) is 1. The molecule has 0 saturated heterocycles. The summed E-state index contributed by atoms with van der Waals surface area (Å²) in [7, 11) is -3.40. The van der Waals surface area contributed by atoms with E-state index < -0.39 is 10.0 Å². The molecule has 1 N–H and O–H groups in total. The van der Waals surface area contributed by atoms with Gasteiger partial charge >= 0.3 is 0 Å². The van der Waals surface area contributed by atoms with Crippen LogP contribution in [0.3, 0.4) is 0 Å². The van der Waals surface area contributed by atoms with Crippen molar-refractivity contribution in [1.29, 1.82) is 0 Å². The second-order valence-corrected chi connectivity index (χ2v) is 7.53. The van der Waals surface area contributed by atoms with Crippen molar-refractivity contribution < 1.29 is 13.2 Å². The standard InChI is InChI=1S/C11H15NO3S2/c1-8-2-7-11(16-8)17(14,15)12-9-3-5-10(13)6-4-9/h2,7,9,12H,3-6H2,1H3. The largest absolute Gasteiger partial charge is 0.300 e. The Bertz CT molecular complexity index is 509. The summed E-state index contributed by atoms with van der Waals surface area (Å²) in [5, 5.41) is 0. The lowest BCUT2D eigenvalue weighted by Crippen LogP contribution is -2.37. The Kier molecular flexibility index (Phi) is 3.65. The summed E-state index contributed by atoms with van der Waals surface area (Å²) in [6.45, 7) is 1.88. The zero-order valence-corrected chi connectivity index (χ0v) is 11.2. The van der Waals surface area contributed by atoms with Gasteiger partial charge in [0.25, 0.3) is 0 Å². The smallest absolute Gasteiger partial charge is 0.250 e. The van der Waals surface area contributed by atoms with Crippen LogP contribution >= 0.6 is 11.3 Å². The van der Waals surface area contributed by atoms with Crippen molar-refractivity contribution >= 4 is 27.1 Å².